The third-order valence-corrected chi connectivity index (χ3v) is 8.15. The van der Waals surface area contributed by atoms with Gasteiger partial charge in [-0.05, 0) is 70.2 Å². The summed E-state index contributed by atoms with van der Waals surface area (Å²) in [6.45, 7) is -2.33. The second-order valence-electron chi connectivity index (χ2n) is 10.4. The van der Waals surface area contributed by atoms with Gasteiger partial charge in [0.2, 0.25) is 5.71 Å². The van der Waals surface area contributed by atoms with Gasteiger partial charge >= 0.3 is 0 Å². The zero-order chi connectivity index (χ0) is 29.6. The molecule has 0 atom stereocenters. The van der Waals surface area contributed by atoms with E-state index < -0.39 is 6.85 Å². The maximum absolute atomic E-state index is 7.83. The molecule has 9 rings (SSSR count). The van der Waals surface area contributed by atoms with E-state index in [1.54, 1.807) is 12.1 Å². The van der Waals surface area contributed by atoms with Crippen LogP contribution in [0.5, 0.6) is 0 Å². The zero-order valence-corrected chi connectivity index (χ0v) is 21.8. The van der Waals surface area contributed by atoms with E-state index in [2.05, 4.69) is 82.3 Å². The number of nitrogens with zero attached hydrogens (tertiary/aromatic N) is 3. The fourth-order valence-electron chi connectivity index (χ4n) is 6.43. The quantitative estimate of drug-likeness (QED) is 0.210. The van der Waals surface area contributed by atoms with E-state index in [1.807, 2.05) is 36.4 Å². The SMILES string of the molecule is [2H]C([2H])([2H])c1ccc2c(n1)oc1c(-c3nc4ccccc4n3-c3cccc4c5ccccc5c5ccccc5c34)cccc12. The maximum Gasteiger partial charge on any atom is 0.227 e. The Kier molecular flexibility index (Phi) is 3.94. The molecule has 0 unspecified atom stereocenters. The molecule has 0 spiro atoms. The highest BCUT2D eigenvalue weighted by Crippen LogP contribution is 2.42. The highest BCUT2D eigenvalue weighted by molar-refractivity contribution is 6.27. The molecule has 0 aliphatic heterocycles. The Hall–Kier alpha value is -5.48. The number of hydrogen-bond donors (Lipinski definition) is 0. The molecule has 41 heavy (non-hydrogen) atoms. The van der Waals surface area contributed by atoms with Crippen molar-refractivity contribution < 1.29 is 8.53 Å². The van der Waals surface area contributed by atoms with Crippen LogP contribution < -0.4 is 0 Å². The van der Waals surface area contributed by atoms with E-state index in [-0.39, 0.29) is 5.69 Å². The summed E-state index contributed by atoms with van der Waals surface area (Å²) in [5.74, 6) is 0.733. The molecule has 0 N–H and O–H groups in total. The van der Waals surface area contributed by atoms with E-state index >= 15 is 0 Å². The smallest absolute Gasteiger partial charge is 0.227 e. The first kappa shape index (κ1) is 19.6. The van der Waals surface area contributed by atoms with Gasteiger partial charge in [0.15, 0.2) is 0 Å². The topological polar surface area (TPSA) is 43.9 Å². The Balaban J connectivity index is 1.41. The number of aromatic nitrogens is 3. The average Bonchev–Trinajstić information content (AvgIpc) is 3.62. The normalized spacial score (nSPS) is 13.4. The minimum atomic E-state index is -2.33. The largest absolute Gasteiger partial charge is 0.437 e. The molecule has 192 valence electrons. The lowest BCUT2D eigenvalue weighted by Gasteiger charge is -2.17. The van der Waals surface area contributed by atoms with Gasteiger partial charge < -0.3 is 4.42 Å². The van der Waals surface area contributed by atoms with Crippen LogP contribution in [0, 0.1) is 6.85 Å². The Bertz CT molecular complexity index is 2570. The second-order valence-corrected chi connectivity index (χ2v) is 10.4. The first-order valence-corrected chi connectivity index (χ1v) is 13.6. The van der Waals surface area contributed by atoms with Crippen molar-refractivity contribution in [1.29, 1.82) is 0 Å². The van der Waals surface area contributed by atoms with E-state index in [4.69, 9.17) is 13.5 Å². The fourth-order valence-corrected chi connectivity index (χ4v) is 6.43. The van der Waals surface area contributed by atoms with Crippen molar-refractivity contribution in [2.45, 2.75) is 6.85 Å². The number of furan rings is 1. The molecule has 0 saturated heterocycles. The Morgan fingerprint density at radius 3 is 2.05 bits per heavy atom. The molecule has 0 aliphatic rings. The molecule has 6 aromatic carbocycles. The van der Waals surface area contributed by atoms with Crippen LogP contribution >= 0.6 is 0 Å². The molecule has 3 heterocycles. The predicted octanol–water partition coefficient (Wildman–Crippen LogP) is 9.75. The van der Waals surface area contributed by atoms with Crippen molar-refractivity contribution in [3.05, 3.63) is 127 Å². The summed E-state index contributed by atoms with van der Waals surface area (Å²) >= 11 is 0. The second kappa shape index (κ2) is 8.26. The number of benzene rings is 6. The van der Waals surface area contributed by atoms with E-state index in [0.29, 0.717) is 11.3 Å². The number of aryl methyl sites for hydroxylation is 1. The molecular formula is C37H23N3O. The molecule has 4 heteroatoms. The van der Waals surface area contributed by atoms with Crippen molar-refractivity contribution in [1.82, 2.24) is 14.5 Å². The summed E-state index contributed by atoms with van der Waals surface area (Å²) in [6, 6.07) is 41.1. The van der Waals surface area contributed by atoms with Gasteiger partial charge in [-0.1, -0.05) is 84.9 Å². The standard InChI is InChI=1S/C37H23N3O/c1-22-20-21-29-28-15-8-16-30(35(28)41-37(29)38-22)36-39-31-17-6-7-18-32(31)40(36)33-19-9-14-27-25-11-3-2-10-23(25)24-12-4-5-13-26(24)34(27)33/h2-21H,1H3/i1D3. The number of pyridine rings is 1. The van der Waals surface area contributed by atoms with Crippen LogP contribution in [-0.4, -0.2) is 14.5 Å². The van der Waals surface area contributed by atoms with Gasteiger partial charge in [0, 0.05) is 26.0 Å². The summed E-state index contributed by atoms with van der Waals surface area (Å²) in [6.07, 6.45) is 0. The molecular weight excluding hydrogens is 502 g/mol. The molecule has 3 aromatic heterocycles. The molecule has 0 fully saturated rings. The molecule has 0 saturated carbocycles. The van der Waals surface area contributed by atoms with Crippen LogP contribution in [0.15, 0.2) is 126 Å². The van der Waals surface area contributed by atoms with Crippen molar-refractivity contribution >= 4 is 65.4 Å². The van der Waals surface area contributed by atoms with Gasteiger partial charge in [-0.15, -0.1) is 0 Å². The third-order valence-electron chi connectivity index (χ3n) is 8.15. The highest BCUT2D eigenvalue weighted by atomic mass is 16.3. The first-order chi connectivity index (χ1) is 21.5. The molecule has 0 aliphatic carbocycles. The first-order valence-electron chi connectivity index (χ1n) is 15.1. The van der Waals surface area contributed by atoms with Crippen LogP contribution in [0.4, 0.5) is 0 Å². The van der Waals surface area contributed by atoms with Crippen LogP contribution in [-0.2, 0) is 0 Å². The van der Waals surface area contributed by atoms with Crippen molar-refractivity contribution in [2.24, 2.45) is 0 Å². The molecule has 4 nitrogen and oxygen atoms in total. The summed E-state index contributed by atoms with van der Waals surface area (Å²) in [5.41, 5.74) is 4.57. The van der Waals surface area contributed by atoms with Gasteiger partial charge in [0.05, 0.1) is 22.3 Å². The number of rotatable bonds is 2. The average molecular weight is 529 g/mol. The molecule has 0 bridgehead atoms. The summed E-state index contributed by atoms with van der Waals surface area (Å²) in [4.78, 5) is 9.57. The van der Waals surface area contributed by atoms with Gasteiger partial charge in [-0.2, -0.15) is 0 Å². The van der Waals surface area contributed by atoms with Crippen LogP contribution in [0.1, 0.15) is 9.81 Å². The van der Waals surface area contributed by atoms with Crippen LogP contribution in [0.25, 0.3) is 82.5 Å². The zero-order valence-electron chi connectivity index (χ0n) is 24.8. The number of fused-ring (bicyclic) bond motifs is 10. The predicted molar refractivity (Wildman–Crippen MR) is 169 cm³/mol. The minimum Gasteiger partial charge on any atom is -0.437 e. The lowest BCUT2D eigenvalue weighted by Crippen LogP contribution is -2.00. The van der Waals surface area contributed by atoms with E-state index in [1.165, 1.54) is 26.9 Å². The monoisotopic (exact) mass is 528 g/mol. The van der Waals surface area contributed by atoms with Gasteiger partial charge in [0.25, 0.3) is 0 Å². The van der Waals surface area contributed by atoms with Crippen molar-refractivity contribution in [3.8, 4) is 17.1 Å². The van der Waals surface area contributed by atoms with Gasteiger partial charge in [-0.25, -0.2) is 9.97 Å². The summed E-state index contributed by atoms with van der Waals surface area (Å²) in [5, 5.41) is 8.73. The minimum absolute atomic E-state index is 0.00713. The molecule has 9 aromatic rings. The Morgan fingerprint density at radius 2 is 1.24 bits per heavy atom. The van der Waals surface area contributed by atoms with Crippen LogP contribution in [0.2, 0.25) is 0 Å². The van der Waals surface area contributed by atoms with Crippen molar-refractivity contribution in [3.63, 3.8) is 0 Å². The number of imidazole rings is 1. The molecule has 0 amide bonds. The summed E-state index contributed by atoms with van der Waals surface area (Å²) in [7, 11) is 0. The Morgan fingerprint density at radius 1 is 0.585 bits per heavy atom. The van der Waals surface area contributed by atoms with Gasteiger partial charge in [0.1, 0.15) is 11.4 Å². The van der Waals surface area contributed by atoms with Gasteiger partial charge in [-0.3, -0.25) is 4.57 Å². The van der Waals surface area contributed by atoms with E-state index in [0.717, 1.165) is 44.3 Å². The third kappa shape index (κ3) is 3.10. The lowest BCUT2D eigenvalue weighted by molar-refractivity contribution is 0.653. The van der Waals surface area contributed by atoms with Crippen LogP contribution in [0.3, 0.4) is 0 Å². The number of hydrogen-bond acceptors (Lipinski definition) is 3. The fraction of sp³-hybridized carbons (Fsp3) is 0.0270. The highest BCUT2D eigenvalue weighted by Gasteiger charge is 2.22. The molecule has 0 radical (unpaired) electrons. The summed E-state index contributed by atoms with van der Waals surface area (Å²) < 4.78 is 32.1. The van der Waals surface area contributed by atoms with E-state index in [9.17, 15) is 0 Å². The number of para-hydroxylation sites is 3. The van der Waals surface area contributed by atoms with Crippen molar-refractivity contribution in [2.75, 3.05) is 0 Å². The Labute approximate surface area is 239 Å². The lowest BCUT2D eigenvalue weighted by atomic mass is 9.93. The maximum atomic E-state index is 7.83.